The predicted molar refractivity (Wildman–Crippen MR) is 174 cm³/mol. The average molecular weight is 617 g/mol. The van der Waals surface area contributed by atoms with Gasteiger partial charge in [-0.3, -0.25) is 0 Å². The zero-order chi connectivity index (χ0) is 31.0. The Labute approximate surface area is 262 Å². The number of hydrogen-bond donors (Lipinski definition) is 2. The van der Waals surface area contributed by atoms with Crippen LogP contribution in [0.5, 0.6) is 0 Å². The van der Waals surface area contributed by atoms with Crippen LogP contribution in [0.1, 0.15) is 82.5 Å². The highest BCUT2D eigenvalue weighted by Crippen LogP contribution is 2.16. The van der Waals surface area contributed by atoms with E-state index in [-0.39, 0.29) is 4.90 Å². The second-order valence-corrected chi connectivity index (χ2v) is 12.3. The van der Waals surface area contributed by atoms with Crippen molar-refractivity contribution in [2.75, 3.05) is 5.12 Å². The summed E-state index contributed by atoms with van der Waals surface area (Å²) >= 11 is 0. The number of hydrogen-bond acceptors (Lipinski definition) is 7. The first-order valence-electron chi connectivity index (χ1n) is 15.7. The molecule has 0 amide bonds. The van der Waals surface area contributed by atoms with Crippen molar-refractivity contribution >= 4 is 27.3 Å². The standard InChI is InChI=1S/C18H30O3S.C17H14N4O/c1-2-3-4-5-6-7-8-9-10-11-12-17-13-15-18(16-14-17)22(19,20)21;1-3-8-14(9-4-1)20-18-17(16-12-7-13-22-16)19-21(20)15-10-5-2-6-11-15/h13-16H,2-12H2,1H3,(H,19,20,21);1-13H,(H,18,19). The van der Waals surface area contributed by atoms with Gasteiger partial charge in [-0.25, -0.2) is 13.8 Å². The molecule has 3 aromatic carbocycles. The van der Waals surface area contributed by atoms with Gasteiger partial charge in [0.1, 0.15) is 15.8 Å². The zero-order valence-electron chi connectivity index (χ0n) is 25.5. The van der Waals surface area contributed by atoms with Gasteiger partial charge in [0.25, 0.3) is 5.84 Å². The lowest BCUT2D eigenvalue weighted by atomic mass is 10.0. The minimum absolute atomic E-state index is 0.140. The fourth-order valence-corrected chi connectivity index (χ4v) is 5.52. The lowest BCUT2D eigenvalue weighted by Crippen LogP contribution is -3.10. The van der Waals surface area contributed by atoms with Crippen LogP contribution >= 0.6 is 0 Å². The molecular weight excluding hydrogens is 572 g/mol. The van der Waals surface area contributed by atoms with Crippen LogP contribution in [-0.4, -0.2) is 18.8 Å². The lowest BCUT2D eigenvalue weighted by molar-refractivity contribution is -0.846. The molecule has 234 valence electrons. The molecule has 8 nitrogen and oxygen atoms in total. The summed E-state index contributed by atoms with van der Waals surface area (Å²) in [4.78, 5) is -0.140. The number of amidine groups is 1. The monoisotopic (exact) mass is 616 g/mol. The van der Waals surface area contributed by atoms with E-state index in [0.29, 0.717) is 11.6 Å². The fraction of sp³-hybridized carbons (Fsp3) is 0.343. The quantitative estimate of drug-likeness (QED) is 0.109. The van der Waals surface area contributed by atoms with Crippen LogP contribution in [0.3, 0.4) is 0 Å². The van der Waals surface area contributed by atoms with Crippen molar-refractivity contribution in [1.82, 2.24) is 5.43 Å². The van der Waals surface area contributed by atoms with Crippen molar-refractivity contribution in [2.45, 2.75) is 82.4 Å². The highest BCUT2D eigenvalue weighted by molar-refractivity contribution is 7.85. The van der Waals surface area contributed by atoms with E-state index in [1.807, 2.05) is 77.9 Å². The molecule has 0 aliphatic carbocycles. The third-order valence-corrected chi connectivity index (χ3v) is 8.33. The molecule has 2 heterocycles. The number of benzene rings is 3. The lowest BCUT2D eigenvalue weighted by Gasteiger charge is -2.21. The van der Waals surface area contributed by atoms with Gasteiger partial charge >= 0.3 is 0 Å². The number of unbranched alkanes of at least 4 members (excludes halogenated alkanes) is 9. The van der Waals surface area contributed by atoms with Crippen LogP contribution < -0.4 is 15.7 Å². The molecule has 4 aromatic rings. The first-order chi connectivity index (χ1) is 21.5. The smallest absolute Gasteiger partial charge is 0.250 e. The number of quaternary nitrogens is 1. The highest BCUT2D eigenvalue weighted by Gasteiger charge is 2.33. The highest BCUT2D eigenvalue weighted by atomic mass is 32.2. The SMILES string of the molecule is CCCCCCCCCCCCc1ccc(S(=O)(=O)[O-])cc1.c1ccc(N2NC(c3ccco3)=N[NH+]2c2ccccc2)cc1. The van der Waals surface area contributed by atoms with Gasteiger partial charge in [0.2, 0.25) is 0 Å². The molecule has 44 heavy (non-hydrogen) atoms. The summed E-state index contributed by atoms with van der Waals surface area (Å²) in [6.45, 7) is 2.24. The third-order valence-electron chi connectivity index (χ3n) is 7.48. The molecule has 2 N–H and O–H groups in total. The molecule has 0 fully saturated rings. The van der Waals surface area contributed by atoms with Crippen molar-refractivity contribution in [2.24, 2.45) is 5.10 Å². The summed E-state index contributed by atoms with van der Waals surface area (Å²) in [5.74, 6) is 1.42. The van der Waals surface area contributed by atoms with Crippen LogP contribution in [0, 0.1) is 0 Å². The van der Waals surface area contributed by atoms with Gasteiger partial charge in [0.15, 0.2) is 11.4 Å². The molecule has 1 atom stereocenters. The Morgan fingerprint density at radius 2 is 1.34 bits per heavy atom. The maximum Gasteiger partial charge on any atom is 0.250 e. The Kier molecular flexibility index (Phi) is 13.0. The van der Waals surface area contributed by atoms with Gasteiger partial charge in [-0.2, -0.15) is 0 Å². The van der Waals surface area contributed by atoms with Crippen LogP contribution in [0.4, 0.5) is 11.4 Å². The summed E-state index contributed by atoms with van der Waals surface area (Å²) in [5.41, 5.74) is 6.48. The first-order valence-corrected chi connectivity index (χ1v) is 17.1. The number of nitrogens with one attached hydrogen (secondary N) is 2. The van der Waals surface area contributed by atoms with Crippen LogP contribution in [0.25, 0.3) is 0 Å². The van der Waals surface area contributed by atoms with Crippen LogP contribution in [0.15, 0.2) is 118 Å². The van der Waals surface area contributed by atoms with E-state index in [1.165, 1.54) is 69.9 Å². The second kappa shape index (κ2) is 17.4. The van der Waals surface area contributed by atoms with Gasteiger partial charge in [0.05, 0.1) is 11.2 Å². The molecule has 9 heteroatoms. The van der Waals surface area contributed by atoms with E-state index in [0.717, 1.165) is 34.9 Å². The predicted octanol–water partition coefficient (Wildman–Crippen LogP) is 7.15. The maximum atomic E-state index is 10.8. The third kappa shape index (κ3) is 10.4. The molecule has 1 unspecified atom stereocenters. The summed E-state index contributed by atoms with van der Waals surface area (Å²) in [7, 11) is -4.31. The van der Waals surface area contributed by atoms with Crippen molar-refractivity contribution in [3.8, 4) is 0 Å². The first kappa shape index (κ1) is 33.0. The molecule has 5 rings (SSSR count). The molecule has 0 spiro atoms. The van der Waals surface area contributed by atoms with E-state index in [4.69, 9.17) is 9.52 Å². The molecule has 1 aromatic heterocycles. The topological polar surface area (TPSA) is 102 Å². The minimum atomic E-state index is -4.31. The Hall–Kier alpha value is -3.92. The normalized spacial score (nSPS) is 14.5. The maximum absolute atomic E-state index is 10.8. The van der Waals surface area contributed by atoms with Crippen molar-refractivity contribution in [3.05, 3.63) is 115 Å². The number of nitrogens with zero attached hydrogens (tertiary/aromatic N) is 2. The van der Waals surface area contributed by atoms with Gasteiger partial charge in [0, 0.05) is 12.1 Å². The second-order valence-electron chi connectivity index (χ2n) is 10.9. The Morgan fingerprint density at radius 1 is 0.750 bits per heavy atom. The minimum Gasteiger partial charge on any atom is -0.744 e. The summed E-state index contributed by atoms with van der Waals surface area (Å²) in [6.07, 6.45) is 15.7. The summed E-state index contributed by atoms with van der Waals surface area (Å²) in [5, 5.41) is 7.52. The number of hydrazine groups is 1. The van der Waals surface area contributed by atoms with E-state index in [1.54, 1.807) is 18.4 Å². The fourth-order valence-electron chi connectivity index (χ4n) is 5.05. The molecule has 0 saturated carbocycles. The van der Waals surface area contributed by atoms with Gasteiger partial charge in [-0.05, 0) is 59.9 Å². The summed E-state index contributed by atoms with van der Waals surface area (Å²) < 4.78 is 37.9. The Morgan fingerprint density at radius 3 is 1.91 bits per heavy atom. The van der Waals surface area contributed by atoms with Gasteiger partial charge < -0.3 is 8.97 Å². The molecule has 1 aliphatic heterocycles. The number of aryl methyl sites for hydroxylation is 1. The van der Waals surface area contributed by atoms with Crippen LogP contribution in [0.2, 0.25) is 0 Å². The summed E-state index contributed by atoms with van der Waals surface area (Å²) in [6, 6.07) is 30.2. The van der Waals surface area contributed by atoms with Crippen LogP contribution in [-0.2, 0) is 16.5 Å². The van der Waals surface area contributed by atoms with Gasteiger partial charge in [-0.1, -0.05) is 123 Å². The van der Waals surface area contributed by atoms with Crippen molar-refractivity contribution in [1.29, 1.82) is 0 Å². The zero-order valence-corrected chi connectivity index (χ0v) is 26.3. The number of rotatable bonds is 15. The number of para-hydroxylation sites is 1. The van der Waals surface area contributed by atoms with E-state index < -0.39 is 10.1 Å². The Balaban J connectivity index is 0.000000201. The van der Waals surface area contributed by atoms with E-state index in [2.05, 4.69) is 12.3 Å². The molecular formula is C35H44N4O4S. The molecule has 0 saturated heterocycles. The van der Waals surface area contributed by atoms with Crippen molar-refractivity contribution < 1.29 is 22.5 Å². The molecule has 0 radical (unpaired) electrons. The van der Waals surface area contributed by atoms with E-state index >= 15 is 0 Å². The molecule has 0 bridgehead atoms. The number of anilines is 1. The number of furan rings is 1. The Bertz CT molecular complexity index is 1490. The average Bonchev–Trinajstić information content (AvgIpc) is 3.74. The van der Waals surface area contributed by atoms with Crippen molar-refractivity contribution in [3.63, 3.8) is 0 Å². The molecule has 1 aliphatic rings. The largest absolute Gasteiger partial charge is 0.744 e. The van der Waals surface area contributed by atoms with Gasteiger partial charge in [-0.15, -0.1) is 0 Å². The van der Waals surface area contributed by atoms with E-state index in [9.17, 15) is 13.0 Å².